The van der Waals surface area contributed by atoms with Crippen molar-refractivity contribution in [3.05, 3.63) is 29.8 Å². The number of sulfonamides is 1. The summed E-state index contributed by atoms with van der Waals surface area (Å²) in [6.07, 6.45) is 2.14. The second-order valence-corrected chi connectivity index (χ2v) is 6.21. The zero-order valence-electron chi connectivity index (χ0n) is 12.4. The van der Waals surface area contributed by atoms with Crippen molar-refractivity contribution in [2.24, 2.45) is 0 Å². The Balaban J connectivity index is 3.00. The molecular weight excluding hydrogens is 326 g/mol. The van der Waals surface area contributed by atoms with E-state index < -0.39 is 22.0 Å². The van der Waals surface area contributed by atoms with Crippen molar-refractivity contribution in [3.63, 3.8) is 0 Å². The first-order valence-electron chi connectivity index (χ1n) is 6.57. The van der Waals surface area contributed by atoms with Gasteiger partial charge in [-0.25, -0.2) is 17.9 Å². The standard InChI is InChI=1S/C14H17NO7S/c1-22-11-6-4-10(5-7-14(18)19)9-12(11)23(20,21)15-8-2-3-13(16)17/h4-7,9,15H,2-3,8H2,1H3,(H,16,17)(H,18,19)/b7-5+. The van der Waals surface area contributed by atoms with Crippen molar-refractivity contribution in [3.8, 4) is 5.75 Å². The van der Waals surface area contributed by atoms with Gasteiger partial charge in [0.05, 0.1) is 7.11 Å². The van der Waals surface area contributed by atoms with E-state index >= 15 is 0 Å². The third kappa shape index (κ3) is 6.09. The highest BCUT2D eigenvalue weighted by atomic mass is 32.2. The molecule has 1 aromatic rings. The topological polar surface area (TPSA) is 130 Å². The van der Waals surface area contributed by atoms with Crippen LogP contribution in [0, 0.1) is 0 Å². The average Bonchev–Trinajstić information content (AvgIpc) is 2.49. The molecule has 0 heterocycles. The SMILES string of the molecule is COc1ccc(/C=C/C(=O)O)cc1S(=O)(=O)NCCCC(=O)O. The van der Waals surface area contributed by atoms with Crippen LogP contribution in [-0.4, -0.2) is 44.2 Å². The molecule has 23 heavy (non-hydrogen) atoms. The smallest absolute Gasteiger partial charge is 0.328 e. The van der Waals surface area contributed by atoms with Crippen LogP contribution < -0.4 is 9.46 Å². The molecule has 8 nitrogen and oxygen atoms in total. The summed E-state index contributed by atoms with van der Waals surface area (Å²) < 4.78 is 31.8. The second kappa shape index (κ2) is 8.30. The number of carboxylic acid groups (broad SMARTS) is 2. The highest BCUT2D eigenvalue weighted by molar-refractivity contribution is 7.89. The third-order valence-electron chi connectivity index (χ3n) is 2.76. The van der Waals surface area contributed by atoms with E-state index in [9.17, 15) is 18.0 Å². The lowest BCUT2D eigenvalue weighted by Gasteiger charge is -2.11. The van der Waals surface area contributed by atoms with Gasteiger partial charge in [-0.05, 0) is 30.2 Å². The van der Waals surface area contributed by atoms with Crippen LogP contribution in [0.15, 0.2) is 29.2 Å². The Labute approximate surface area is 133 Å². The number of carboxylic acids is 2. The molecule has 0 spiro atoms. The van der Waals surface area contributed by atoms with Crippen LogP contribution in [0.4, 0.5) is 0 Å². The Morgan fingerprint density at radius 2 is 2.00 bits per heavy atom. The van der Waals surface area contributed by atoms with E-state index in [0.717, 1.165) is 6.08 Å². The van der Waals surface area contributed by atoms with Crippen molar-refractivity contribution >= 4 is 28.0 Å². The van der Waals surface area contributed by atoms with E-state index in [-0.39, 0.29) is 30.0 Å². The molecule has 0 amide bonds. The monoisotopic (exact) mass is 343 g/mol. The number of methoxy groups -OCH3 is 1. The summed E-state index contributed by atoms with van der Waals surface area (Å²) in [6.45, 7) is -0.0347. The Hall–Kier alpha value is -2.39. The lowest BCUT2D eigenvalue weighted by molar-refractivity contribution is -0.137. The number of ether oxygens (including phenoxy) is 1. The lowest BCUT2D eigenvalue weighted by Crippen LogP contribution is -2.25. The molecule has 0 saturated heterocycles. The summed E-state index contributed by atoms with van der Waals surface area (Å²) in [6, 6.07) is 4.20. The van der Waals surface area contributed by atoms with Gasteiger partial charge in [0.25, 0.3) is 0 Å². The van der Waals surface area contributed by atoms with Crippen molar-refractivity contribution in [2.75, 3.05) is 13.7 Å². The van der Waals surface area contributed by atoms with Crippen molar-refractivity contribution in [1.82, 2.24) is 4.72 Å². The quantitative estimate of drug-likeness (QED) is 0.449. The molecule has 0 aromatic heterocycles. The zero-order valence-corrected chi connectivity index (χ0v) is 13.2. The minimum Gasteiger partial charge on any atom is -0.495 e. The van der Waals surface area contributed by atoms with Crippen LogP contribution in [0.2, 0.25) is 0 Å². The molecule has 0 radical (unpaired) electrons. The normalized spacial score (nSPS) is 11.5. The van der Waals surface area contributed by atoms with Gasteiger partial charge >= 0.3 is 11.9 Å². The fourth-order valence-electron chi connectivity index (χ4n) is 1.70. The molecule has 126 valence electrons. The summed E-state index contributed by atoms with van der Waals surface area (Å²) >= 11 is 0. The van der Waals surface area contributed by atoms with Crippen LogP contribution in [-0.2, 0) is 19.6 Å². The van der Waals surface area contributed by atoms with E-state index in [2.05, 4.69) is 4.72 Å². The molecule has 3 N–H and O–H groups in total. The molecule has 9 heteroatoms. The number of hydrogen-bond donors (Lipinski definition) is 3. The zero-order chi connectivity index (χ0) is 17.5. The van der Waals surface area contributed by atoms with Crippen molar-refractivity contribution in [2.45, 2.75) is 17.7 Å². The number of aliphatic carboxylic acids is 2. The van der Waals surface area contributed by atoms with Gasteiger partial charge in [-0.1, -0.05) is 6.07 Å². The fraction of sp³-hybridized carbons (Fsp3) is 0.286. The minimum atomic E-state index is -3.91. The lowest BCUT2D eigenvalue weighted by atomic mass is 10.2. The minimum absolute atomic E-state index is 0.0347. The van der Waals surface area contributed by atoms with Gasteiger partial charge in [-0.2, -0.15) is 0 Å². The van der Waals surface area contributed by atoms with Crippen LogP contribution in [0.3, 0.4) is 0 Å². The summed E-state index contributed by atoms with van der Waals surface area (Å²) in [4.78, 5) is 20.8. The maximum absolute atomic E-state index is 12.3. The average molecular weight is 343 g/mol. The molecule has 0 atom stereocenters. The third-order valence-corrected chi connectivity index (χ3v) is 4.24. The van der Waals surface area contributed by atoms with Gasteiger partial charge < -0.3 is 14.9 Å². The Bertz CT molecular complexity index is 710. The van der Waals surface area contributed by atoms with Gasteiger partial charge in [-0.15, -0.1) is 0 Å². The number of nitrogens with one attached hydrogen (secondary N) is 1. The summed E-state index contributed by atoms with van der Waals surface area (Å²) in [5.74, 6) is -2.07. The van der Waals surface area contributed by atoms with Gasteiger partial charge in [0.15, 0.2) is 0 Å². The predicted octanol–water partition coefficient (Wildman–Crippen LogP) is 0.936. The molecule has 0 aliphatic carbocycles. The first-order valence-corrected chi connectivity index (χ1v) is 8.05. The van der Waals surface area contributed by atoms with Crippen LogP contribution in [0.1, 0.15) is 18.4 Å². The van der Waals surface area contributed by atoms with Crippen molar-refractivity contribution in [1.29, 1.82) is 0 Å². The molecule has 0 aliphatic heterocycles. The molecular formula is C14H17NO7S. The van der Waals surface area contributed by atoms with Gasteiger partial charge in [0.1, 0.15) is 10.6 Å². The maximum Gasteiger partial charge on any atom is 0.328 e. The Kier molecular flexibility index (Phi) is 6.73. The van der Waals surface area contributed by atoms with Gasteiger partial charge in [0.2, 0.25) is 10.0 Å². The van der Waals surface area contributed by atoms with E-state index in [1.165, 1.54) is 31.4 Å². The van der Waals surface area contributed by atoms with E-state index in [1.54, 1.807) is 0 Å². The summed E-state index contributed by atoms with van der Waals surface area (Å²) in [5.41, 5.74) is 0.374. The number of hydrogen-bond acceptors (Lipinski definition) is 5. The van der Waals surface area contributed by atoms with E-state index in [0.29, 0.717) is 5.56 Å². The molecule has 1 rings (SSSR count). The number of carbonyl (C=O) groups is 2. The highest BCUT2D eigenvalue weighted by Gasteiger charge is 2.19. The Morgan fingerprint density at radius 3 is 2.57 bits per heavy atom. The molecule has 0 unspecified atom stereocenters. The van der Waals surface area contributed by atoms with Crippen molar-refractivity contribution < 1.29 is 33.0 Å². The second-order valence-electron chi connectivity index (χ2n) is 4.48. The largest absolute Gasteiger partial charge is 0.495 e. The molecule has 0 saturated carbocycles. The fourth-order valence-corrected chi connectivity index (χ4v) is 2.97. The molecule has 0 fully saturated rings. The van der Waals surface area contributed by atoms with Crippen LogP contribution in [0.25, 0.3) is 6.08 Å². The van der Waals surface area contributed by atoms with Crippen LogP contribution in [0.5, 0.6) is 5.75 Å². The predicted molar refractivity (Wildman–Crippen MR) is 81.7 cm³/mol. The van der Waals surface area contributed by atoms with Gasteiger partial charge in [0, 0.05) is 19.0 Å². The van der Waals surface area contributed by atoms with E-state index in [4.69, 9.17) is 14.9 Å². The first-order chi connectivity index (χ1) is 10.8. The van der Waals surface area contributed by atoms with Gasteiger partial charge in [-0.3, -0.25) is 4.79 Å². The molecule has 0 aliphatic rings. The Morgan fingerprint density at radius 1 is 1.30 bits per heavy atom. The summed E-state index contributed by atoms with van der Waals surface area (Å²) in [7, 11) is -2.60. The first kappa shape index (κ1) is 18.7. The number of rotatable bonds is 9. The highest BCUT2D eigenvalue weighted by Crippen LogP contribution is 2.25. The summed E-state index contributed by atoms with van der Waals surface area (Å²) in [5, 5.41) is 17.1. The molecule has 0 bridgehead atoms. The molecule has 1 aromatic carbocycles. The number of benzene rings is 1. The maximum atomic E-state index is 12.3. The van der Waals surface area contributed by atoms with Crippen LogP contribution >= 0.6 is 0 Å². The van der Waals surface area contributed by atoms with E-state index in [1.807, 2.05) is 0 Å².